The fourth-order valence-corrected chi connectivity index (χ4v) is 8.24. The van der Waals surface area contributed by atoms with Crippen LogP contribution in [0.5, 0.6) is 11.5 Å². The summed E-state index contributed by atoms with van der Waals surface area (Å²) in [7, 11) is 0. The molecule has 0 radical (unpaired) electrons. The molecule has 0 spiro atoms. The van der Waals surface area contributed by atoms with Gasteiger partial charge >= 0.3 is 11.0 Å². The Morgan fingerprint density at radius 3 is 1.34 bits per heavy atom. The smallest absolute Gasteiger partial charge is 0.227 e. The third-order valence-electron chi connectivity index (χ3n) is 10.7. The van der Waals surface area contributed by atoms with E-state index < -0.39 is 0 Å². The quantitative estimate of drug-likeness (QED) is 0.0996. The second kappa shape index (κ2) is 11.8. The molecule has 0 amide bonds. The first kappa shape index (κ1) is 30.5. The topological polar surface area (TPSA) is 83.4 Å². The van der Waals surface area contributed by atoms with Crippen molar-refractivity contribution in [2.45, 2.75) is 0 Å². The fourth-order valence-electron chi connectivity index (χ4n) is 8.24. The van der Waals surface area contributed by atoms with Crippen LogP contribution in [-0.2, 0) is 0 Å². The van der Waals surface area contributed by atoms with Gasteiger partial charge in [-0.1, -0.05) is 97.1 Å². The van der Waals surface area contributed by atoms with Crippen LogP contribution in [0, 0.1) is 0 Å². The lowest BCUT2D eigenvalue weighted by Crippen LogP contribution is -2.39. The largest absolute Gasteiger partial charge is 0.317 e. The molecule has 7 aromatic carbocycles. The fraction of sp³-hybridized carbons (Fsp3) is 0. The highest BCUT2D eigenvalue weighted by atomic mass is 17.3. The minimum absolute atomic E-state index is 0.578. The minimum Gasteiger partial charge on any atom is -0.227 e. The zero-order valence-electron chi connectivity index (χ0n) is 29.5. The van der Waals surface area contributed by atoms with Gasteiger partial charge in [0.05, 0.1) is 20.2 Å². The Morgan fingerprint density at radius 1 is 0.357 bits per heavy atom. The van der Waals surface area contributed by atoms with E-state index >= 15 is 0 Å². The van der Waals surface area contributed by atoms with E-state index in [9.17, 15) is 0 Å². The third-order valence-corrected chi connectivity index (χ3v) is 10.7. The summed E-state index contributed by atoms with van der Waals surface area (Å²) in [6.07, 6.45) is 3.72. The van der Waals surface area contributed by atoms with Crippen molar-refractivity contribution in [3.8, 4) is 67.9 Å². The molecule has 9 heteroatoms. The molecule has 2 aliphatic heterocycles. The Kier molecular flexibility index (Phi) is 6.43. The molecule has 0 N–H and O–H groups in total. The van der Waals surface area contributed by atoms with Gasteiger partial charge in [-0.05, 0) is 96.2 Å². The van der Waals surface area contributed by atoms with Crippen LogP contribution in [0.4, 0.5) is 0 Å². The van der Waals surface area contributed by atoms with Gasteiger partial charge in [0.25, 0.3) is 11.5 Å². The Bertz CT molecular complexity index is 3190. The maximum Gasteiger partial charge on any atom is 0.317 e. The Balaban J connectivity index is 1.20. The van der Waals surface area contributed by atoms with Crippen LogP contribution < -0.4 is 29.2 Å². The lowest BCUT2D eigenvalue weighted by atomic mass is 9.83. The Hall–Kier alpha value is -7.91. The van der Waals surface area contributed by atoms with E-state index in [2.05, 4.69) is 66.7 Å². The molecule has 12 rings (SSSR count). The summed E-state index contributed by atoms with van der Waals surface area (Å²) in [5, 5.41) is 6.31. The molecule has 0 fully saturated rings. The van der Waals surface area contributed by atoms with E-state index in [4.69, 9.17) is 34.7 Å². The molecular weight excluding hydrogens is 699 g/mol. The van der Waals surface area contributed by atoms with E-state index in [-0.39, 0.29) is 0 Å². The summed E-state index contributed by atoms with van der Waals surface area (Å²) in [5.74, 6) is 3.12. The molecule has 0 atom stereocenters. The molecule has 3 aromatic heterocycles. The first-order valence-corrected chi connectivity index (χ1v) is 18.3. The molecule has 0 saturated carbocycles. The van der Waals surface area contributed by atoms with Gasteiger partial charge in [0.2, 0.25) is 12.4 Å². The molecule has 0 bridgehead atoms. The highest BCUT2D eigenvalue weighted by Gasteiger charge is 2.32. The van der Waals surface area contributed by atoms with Gasteiger partial charge in [-0.15, -0.1) is 0 Å². The van der Waals surface area contributed by atoms with E-state index in [1.165, 1.54) is 0 Å². The monoisotopic (exact) mass is 725 g/mol. The molecule has 0 saturated heterocycles. The van der Waals surface area contributed by atoms with Crippen molar-refractivity contribution in [3.05, 3.63) is 164 Å². The van der Waals surface area contributed by atoms with Gasteiger partial charge in [-0.2, -0.15) is 0 Å². The van der Waals surface area contributed by atoms with Crippen LogP contribution in [0.3, 0.4) is 0 Å². The van der Waals surface area contributed by atoms with Gasteiger partial charge in [0.1, 0.15) is 0 Å². The number of aromatic nitrogens is 5. The van der Waals surface area contributed by atoms with Gasteiger partial charge in [-0.3, -0.25) is 0 Å². The van der Waals surface area contributed by atoms with Crippen molar-refractivity contribution in [2.75, 3.05) is 0 Å². The van der Waals surface area contributed by atoms with Crippen molar-refractivity contribution in [2.24, 2.45) is 0 Å². The highest BCUT2D eigenvalue weighted by Crippen LogP contribution is 2.48. The van der Waals surface area contributed by atoms with E-state index in [1.54, 1.807) is 9.46 Å². The number of benzene rings is 7. The molecular formula is C47H27N5O4+2. The first-order chi connectivity index (χ1) is 27.8. The number of hydrogen-bond donors (Lipinski definition) is 0. The van der Waals surface area contributed by atoms with Crippen LogP contribution >= 0.6 is 0 Å². The lowest BCUT2D eigenvalue weighted by Gasteiger charge is -2.19. The van der Waals surface area contributed by atoms with Crippen molar-refractivity contribution in [1.82, 2.24) is 15.0 Å². The summed E-state index contributed by atoms with van der Waals surface area (Å²) in [6, 6.07) is 51.6. The number of fused-ring (bicyclic) bond motifs is 2. The highest BCUT2D eigenvalue weighted by molar-refractivity contribution is 6.25. The van der Waals surface area contributed by atoms with E-state index in [0.29, 0.717) is 29.0 Å². The maximum atomic E-state index is 5.61. The minimum atomic E-state index is 0.578. The Labute approximate surface area is 318 Å². The van der Waals surface area contributed by atoms with Crippen LogP contribution in [0.1, 0.15) is 0 Å². The molecule has 0 unspecified atom stereocenters. The molecule has 0 aliphatic carbocycles. The number of rotatable bonds is 5. The average molecular weight is 726 g/mol. The number of pyridine rings is 2. The van der Waals surface area contributed by atoms with Gasteiger partial charge < -0.3 is 0 Å². The maximum absolute atomic E-state index is 5.61. The molecule has 5 heterocycles. The zero-order chi connectivity index (χ0) is 36.7. The lowest BCUT2D eigenvalue weighted by molar-refractivity contribution is -0.916. The standard InChI is InChI=1S/C47H27N5O4/c1-3-11-28(12-4-1)45-48-46(29-13-5-2-6-14-29)50-47(49-45)30-19-20-35-38(27-30)42(34-22-24-40-44-37(34)18-10-26-52(44)56-54-40)32-16-8-7-15-31(32)41(35)33-21-23-39-43-36(33)17-9-25-51(43)55-53-39/h1-27H/q+2. The summed E-state index contributed by atoms with van der Waals surface area (Å²) in [5.41, 5.74) is 8.70. The van der Waals surface area contributed by atoms with E-state index in [0.717, 1.165) is 82.3 Å². The van der Waals surface area contributed by atoms with Crippen LogP contribution in [0.15, 0.2) is 164 Å². The molecule has 2 aliphatic rings. The summed E-state index contributed by atoms with van der Waals surface area (Å²) >= 11 is 0. The van der Waals surface area contributed by atoms with E-state index in [1.807, 2.05) is 97.3 Å². The average Bonchev–Trinajstić information content (AvgIpc) is 3.90. The van der Waals surface area contributed by atoms with Crippen LogP contribution in [-0.4, -0.2) is 15.0 Å². The molecule has 9 nitrogen and oxygen atoms in total. The van der Waals surface area contributed by atoms with Crippen molar-refractivity contribution in [1.29, 1.82) is 0 Å². The third kappa shape index (κ3) is 4.51. The predicted octanol–water partition coefficient (Wildman–Crippen LogP) is 8.87. The second-order valence-electron chi connectivity index (χ2n) is 13.8. The molecule has 56 heavy (non-hydrogen) atoms. The van der Waals surface area contributed by atoms with Crippen molar-refractivity contribution >= 4 is 43.4 Å². The molecule has 262 valence electrons. The van der Waals surface area contributed by atoms with Crippen molar-refractivity contribution < 1.29 is 29.2 Å². The summed E-state index contributed by atoms with van der Waals surface area (Å²) in [4.78, 5) is 37.5. The van der Waals surface area contributed by atoms with Crippen LogP contribution in [0.2, 0.25) is 0 Å². The summed E-state index contributed by atoms with van der Waals surface area (Å²) < 4.78 is 3.35. The predicted molar refractivity (Wildman–Crippen MR) is 212 cm³/mol. The second-order valence-corrected chi connectivity index (χ2v) is 13.8. The normalized spacial score (nSPS) is 12.5. The number of hydrogen-bond acceptors (Lipinski definition) is 7. The van der Waals surface area contributed by atoms with Gasteiger partial charge in [0, 0.05) is 28.8 Å². The van der Waals surface area contributed by atoms with Crippen molar-refractivity contribution in [3.63, 3.8) is 0 Å². The molecule has 10 aromatic rings. The van der Waals surface area contributed by atoms with Crippen LogP contribution in [0.25, 0.3) is 99.8 Å². The van der Waals surface area contributed by atoms with Gasteiger partial charge in [0.15, 0.2) is 17.5 Å². The Morgan fingerprint density at radius 2 is 0.804 bits per heavy atom. The zero-order valence-corrected chi connectivity index (χ0v) is 29.5. The first-order valence-electron chi connectivity index (χ1n) is 18.3. The summed E-state index contributed by atoms with van der Waals surface area (Å²) in [6.45, 7) is 0. The number of nitrogens with zero attached hydrogens (tertiary/aromatic N) is 5. The SMILES string of the molecule is c1ccc(-c2nc(-c3ccccc3)nc(-c3ccc4c(-c5ccc6c7c5ccc[n+]7OO6)c5ccccc5c(-c5ccc6c7c5ccc[n+]7OO6)c4c3)n2)cc1. The van der Waals surface area contributed by atoms with Gasteiger partial charge in [-0.25, -0.2) is 24.7 Å².